The number of para-hydroxylation sites is 1. The molecular weight excluding hydrogens is 795 g/mol. The molecule has 6 atom stereocenters. The highest BCUT2D eigenvalue weighted by Crippen LogP contribution is 2.20. The van der Waals surface area contributed by atoms with Crippen molar-refractivity contribution in [1.82, 2.24) is 41.5 Å². The molecule has 62 heavy (non-hydrogen) atoms. The van der Waals surface area contributed by atoms with E-state index in [0.29, 0.717) is 36.2 Å². The number of nitrogens with one attached hydrogen (secondary N) is 7. The first-order chi connectivity index (χ1) is 29.8. The van der Waals surface area contributed by atoms with Gasteiger partial charge in [-0.15, -0.1) is 0 Å². The van der Waals surface area contributed by atoms with Crippen molar-refractivity contribution in [2.75, 3.05) is 6.54 Å². The molecule has 0 aliphatic carbocycles. The zero-order valence-electron chi connectivity index (χ0n) is 34.4. The second-order valence-electron chi connectivity index (χ2n) is 15.2. The number of H-pyrrole nitrogens is 2. The summed E-state index contributed by atoms with van der Waals surface area (Å²) < 4.78 is 0. The van der Waals surface area contributed by atoms with Crippen molar-refractivity contribution in [3.63, 3.8) is 0 Å². The number of unbranched alkanes of at least 4 members (excludes halogenated alkanes) is 1. The van der Waals surface area contributed by atoms with Gasteiger partial charge >= 0.3 is 0 Å². The Hall–Kier alpha value is -7.05. The number of aromatic amines is 2. The summed E-state index contributed by atoms with van der Waals surface area (Å²) in [4.78, 5) is 91.6. The number of carbonyl (C=O) groups is 6. The van der Waals surface area contributed by atoms with E-state index in [0.717, 1.165) is 16.5 Å². The monoisotopic (exact) mass is 849 g/mol. The number of aromatic nitrogens is 3. The number of benzene rings is 3. The van der Waals surface area contributed by atoms with Crippen molar-refractivity contribution in [1.29, 1.82) is 0 Å². The Bertz CT molecular complexity index is 2270. The third-order valence-corrected chi connectivity index (χ3v) is 10.3. The van der Waals surface area contributed by atoms with Crippen molar-refractivity contribution in [3.05, 3.63) is 120 Å². The van der Waals surface area contributed by atoms with Crippen LogP contribution in [0.5, 0.6) is 5.75 Å². The molecule has 5 rings (SSSR count). The van der Waals surface area contributed by atoms with E-state index in [1.54, 1.807) is 54.9 Å². The van der Waals surface area contributed by atoms with Gasteiger partial charge in [-0.3, -0.25) is 28.8 Å². The molecule has 0 saturated carbocycles. The van der Waals surface area contributed by atoms with Gasteiger partial charge in [0.2, 0.25) is 35.4 Å². The largest absolute Gasteiger partial charge is 0.508 e. The van der Waals surface area contributed by atoms with Crippen LogP contribution in [-0.4, -0.2) is 98.3 Å². The molecule has 6 amide bonds. The van der Waals surface area contributed by atoms with Gasteiger partial charge in [-0.2, -0.15) is 0 Å². The zero-order chi connectivity index (χ0) is 44.6. The number of hydrogen-bond acceptors (Lipinski definition) is 10. The van der Waals surface area contributed by atoms with Crippen molar-refractivity contribution in [2.24, 2.45) is 17.2 Å². The Morgan fingerprint density at radius 3 is 1.89 bits per heavy atom. The van der Waals surface area contributed by atoms with Crippen LogP contribution in [0.25, 0.3) is 10.9 Å². The smallest absolute Gasteiger partial charge is 0.243 e. The molecule has 0 aliphatic rings. The first-order valence-electron chi connectivity index (χ1n) is 20.4. The summed E-state index contributed by atoms with van der Waals surface area (Å²) in [5, 5.41) is 24.3. The molecule has 2 aromatic heterocycles. The number of nitrogens with two attached hydrogens (primary N) is 3. The van der Waals surface area contributed by atoms with Crippen molar-refractivity contribution in [3.8, 4) is 5.75 Å². The third kappa shape index (κ3) is 13.5. The van der Waals surface area contributed by atoms with Gasteiger partial charge in [0.1, 0.15) is 36.0 Å². The highest BCUT2D eigenvalue weighted by Gasteiger charge is 2.32. The number of aromatic hydroxyl groups is 1. The number of rotatable bonds is 23. The van der Waals surface area contributed by atoms with E-state index in [2.05, 4.69) is 41.5 Å². The van der Waals surface area contributed by atoms with E-state index in [1.165, 1.54) is 25.4 Å². The number of fused-ring (bicyclic) bond motifs is 1. The second-order valence-corrected chi connectivity index (χ2v) is 15.2. The third-order valence-electron chi connectivity index (χ3n) is 10.3. The summed E-state index contributed by atoms with van der Waals surface area (Å²) in [6, 6.07) is 15.5. The predicted octanol–water partition coefficient (Wildman–Crippen LogP) is 0.253. The van der Waals surface area contributed by atoms with Gasteiger partial charge in [0.05, 0.1) is 12.4 Å². The standard InChI is InChI=1S/C44H55N11O7/c1-26(51-42(60)38(21-29-23-49-34-12-6-5-11-32(29)34)54-41(59)33(46)22-30-24-48-25-50-30)40(58)53-36(20-28-14-16-31(56)17-15-28)44(62)55-37(19-27-9-3-2-4-10-27)43(61)52-35(39(47)57)13-7-8-18-45/h2-6,9-12,14-17,23-26,33,35-38,49,56H,7-8,13,18-22,45-46H2,1H3,(H2,47,57)(H,48,50)(H,51,60)(H,52,61)(H,53,58)(H,54,59)(H,55,62)/t26-,33-,35-,36+,37+,38+/m0/s1. The van der Waals surface area contributed by atoms with Gasteiger partial charge in [0.15, 0.2) is 0 Å². The zero-order valence-corrected chi connectivity index (χ0v) is 34.4. The lowest BCUT2D eigenvalue weighted by Crippen LogP contribution is -2.59. The Labute approximate surface area is 358 Å². The van der Waals surface area contributed by atoms with Crippen LogP contribution in [0.2, 0.25) is 0 Å². The Balaban J connectivity index is 1.34. The minimum atomic E-state index is -1.30. The summed E-state index contributed by atoms with van der Waals surface area (Å²) >= 11 is 0. The van der Waals surface area contributed by atoms with Crippen LogP contribution < -0.4 is 43.8 Å². The highest BCUT2D eigenvalue weighted by molar-refractivity contribution is 5.97. The van der Waals surface area contributed by atoms with E-state index in [-0.39, 0.29) is 37.9 Å². The number of amides is 6. The van der Waals surface area contributed by atoms with Gasteiger partial charge in [-0.05, 0) is 67.6 Å². The van der Waals surface area contributed by atoms with Crippen LogP contribution in [0.4, 0.5) is 0 Å². The minimum absolute atomic E-state index is 0.0123. The van der Waals surface area contributed by atoms with Crippen LogP contribution in [0.15, 0.2) is 97.6 Å². The average Bonchev–Trinajstić information content (AvgIpc) is 3.93. The average molecular weight is 850 g/mol. The molecule has 5 aromatic rings. The maximum atomic E-state index is 14.2. The number of imidazole rings is 1. The molecule has 0 saturated heterocycles. The molecule has 14 N–H and O–H groups in total. The van der Waals surface area contributed by atoms with E-state index < -0.39 is 71.7 Å². The number of phenolic OH excluding ortho intramolecular Hbond substituents is 1. The normalized spacial score (nSPS) is 14.0. The van der Waals surface area contributed by atoms with E-state index in [4.69, 9.17) is 17.2 Å². The lowest BCUT2D eigenvalue weighted by Gasteiger charge is -2.26. The van der Waals surface area contributed by atoms with Gasteiger partial charge < -0.3 is 58.9 Å². The topological polar surface area (TPSA) is 305 Å². The summed E-state index contributed by atoms with van der Waals surface area (Å²) in [6.45, 7) is 1.82. The van der Waals surface area contributed by atoms with Crippen molar-refractivity contribution >= 4 is 46.3 Å². The van der Waals surface area contributed by atoms with E-state index in [1.807, 2.05) is 24.3 Å². The molecule has 0 spiro atoms. The summed E-state index contributed by atoms with van der Waals surface area (Å²) in [5.74, 6) is -4.19. The molecule has 3 aromatic carbocycles. The fourth-order valence-electron chi connectivity index (χ4n) is 6.87. The number of hydrogen-bond donors (Lipinski definition) is 11. The van der Waals surface area contributed by atoms with Gasteiger partial charge in [-0.25, -0.2) is 4.98 Å². The molecule has 0 unspecified atom stereocenters. The number of carbonyl (C=O) groups excluding carboxylic acids is 6. The van der Waals surface area contributed by atoms with Crippen LogP contribution in [0.3, 0.4) is 0 Å². The number of primary amides is 1. The quantitative estimate of drug-likeness (QED) is 0.0398. The van der Waals surface area contributed by atoms with Gasteiger partial charge in [0, 0.05) is 54.7 Å². The van der Waals surface area contributed by atoms with Crippen LogP contribution >= 0.6 is 0 Å². The summed E-state index contributed by atoms with van der Waals surface area (Å²) in [5.41, 5.74) is 20.9. The van der Waals surface area contributed by atoms with Crippen molar-refractivity contribution in [2.45, 2.75) is 88.1 Å². The molecule has 0 fully saturated rings. The molecule has 0 aliphatic heterocycles. The fourth-order valence-corrected chi connectivity index (χ4v) is 6.87. The fraction of sp³-hybridized carbons (Fsp3) is 0.341. The lowest BCUT2D eigenvalue weighted by molar-refractivity contribution is -0.134. The van der Waals surface area contributed by atoms with Gasteiger partial charge in [-0.1, -0.05) is 60.7 Å². The molecule has 328 valence electrons. The minimum Gasteiger partial charge on any atom is -0.508 e. The molecule has 2 heterocycles. The second kappa shape index (κ2) is 22.5. The highest BCUT2D eigenvalue weighted by atomic mass is 16.3. The van der Waals surface area contributed by atoms with E-state index >= 15 is 0 Å². The molecular formula is C44H55N11O7. The lowest BCUT2D eigenvalue weighted by atomic mass is 10.0. The van der Waals surface area contributed by atoms with Crippen LogP contribution in [0.1, 0.15) is 48.6 Å². The first-order valence-corrected chi connectivity index (χ1v) is 20.4. The SMILES string of the molecule is C[C@H](NC(=O)[C@@H](Cc1c[nH]c2ccccc12)NC(=O)[C@@H](N)Cc1cnc[nH]1)C(=O)N[C@H](Cc1ccc(O)cc1)C(=O)N[C@H](Cc1ccccc1)C(=O)N[C@@H](CCCCN)C(N)=O. The number of phenols is 1. The summed E-state index contributed by atoms with van der Waals surface area (Å²) in [7, 11) is 0. The van der Waals surface area contributed by atoms with Gasteiger partial charge in [0.25, 0.3) is 0 Å². The van der Waals surface area contributed by atoms with E-state index in [9.17, 15) is 33.9 Å². The molecule has 0 bridgehead atoms. The predicted molar refractivity (Wildman–Crippen MR) is 232 cm³/mol. The Morgan fingerprint density at radius 2 is 1.24 bits per heavy atom. The molecule has 0 radical (unpaired) electrons. The van der Waals surface area contributed by atoms with Crippen LogP contribution in [-0.2, 0) is 54.5 Å². The van der Waals surface area contributed by atoms with Crippen LogP contribution in [0, 0.1) is 0 Å². The number of nitrogens with zero attached hydrogens (tertiary/aromatic N) is 1. The van der Waals surface area contributed by atoms with Crippen molar-refractivity contribution < 1.29 is 33.9 Å². The Morgan fingerprint density at radius 1 is 0.661 bits per heavy atom. The summed E-state index contributed by atoms with van der Waals surface area (Å²) in [6.07, 6.45) is 6.28. The maximum Gasteiger partial charge on any atom is 0.243 e. The molecule has 18 heteroatoms. The first kappa shape index (κ1) is 46.0. The maximum absolute atomic E-state index is 14.2. The Kier molecular flexibility index (Phi) is 16.7. The molecule has 18 nitrogen and oxygen atoms in total.